The van der Waals surface area contributed by atoms with E-state index in [4.69, 9.17) is 4.74 Å². The molecule has 0 bridgehead atoms. The van der Waals surface area contributed by atoms with E-state index >= 15 is 0 Å². The fourth-order valence-electron chi connectivity index (χ4n) is 5.60. The number of nitrogens with zero attached hydrogens (tertiary/aromatic N) is 2. The van der Waals surface area contributed by atoms with Gasteiger partial charge in [0.2, 0.25) is 5.91 Å². The highest BCUT2D eigenvalue weighted by Gasteiger charge is 2.47. The molecule has 0 aromatic heterocycles. The van der Waals surface area contributed by atoms with Gasteiger partial charge in [0, 0.05) is 19.5 Å². The zero-order chi connectivity index (χ0) is 28.3. The minimum atomic E-state index is -0.698. The van der Waals surface area contributed by atoms with Crippen molar-refractivity contribution < 1.29 is 19.1 Å². The van der Waals surface area contributed by atoms with E-state index in [2.05, 4.69) is 10.6 Å². The molecule has 0 radical (unpaired) electrons. The number of benzene rings is 3. The van der Waals surface area contributed by atoms with Gasteiger partial charge in [0.1, 0.15) is 17.5 Å². The van der Waals surface area contributed by atoms with E-state index in [1.165, 1.54) is 0 Å². The summed E-state index contributed by atoms with van der Waals surface area (Å²) in [6.45, 7) is 3.11. The maximum atomic E-state index is 14.2. The van der Waals surface area contributed by atoms with Gasteiger partial charge in [0.25, 0.3) is 5.91 Å². The standard InChI is InChI=1S/C33H34N4O4/c1-2-36-28-21-37(27(18-22-10-5-3-6-11-22)31(38)34-20-23-16-17-23)32(39)29(28)30(35-33(36)40)24-12-9-15-26(19-24)41-25-13-7-4-8-14-25/h3-15,19,23,27,30H,2,16-18,20-21H2,1H3,(H,34,38)(H,35,40)/t27-,30-/m1/s1. The topological polar surface area (TPSA) is 91.0 Å². The third-order valence-electron chi connectivity index (χ3n) is 7.95. The van der Waals surface area contributed by atoms with Gasteiger partial charge >= 0.3 is 6.03 Å². The minimum absolute atomic E-state index is 0.161. The van der Waals surface area contributed by atoms with Crippen LogP contribution in [0.3, 0.4) is 0 Å². The van der Waals surface area contributed by atoms with Crippen LogP contribution in [0.4, 0.5) is 4.79 Å². The molecule has 1 saturated carbocycles. The summed E-state index contributed by atoms with van der Waals surface area (Å²) in [4.78, 5) is 44.3. The number of nitrogens with one attached hydrogen (secondary N) is 2. The van der Waals surface area contributed by atoms with Gasteiger partial charge in [0.15, 0.2) is 0 Å². The van der Waals surface area contributed by atoms with E-state index < -0.39 is 12.1 Å². The van der Waals surface area contributed by atoms with Gasteiger partial charge in [-0.15, -0.1) is 0 Å². The van der Waals surface area contributed by atoms with Gasteiger partial charge in [-0.2, -0.15) is 0 Å². The fourth-order valence-corrected chi connectivity index (χ4v) is 5.60. The van der Waals surface area contributed by atoms with Crippen LogP contribution in [0.1, 0.15) is 36.9 Å². The monoisotopic (exact) mass is 550 g/mol. The molecule has 3 aromatic rings. The average Bonchev–Trinajstić information content (AvgIpc) is 3.77. The van der Waals surface area contributed by atoms with Crippen LogP contribution in [0.2, 0.25) is 0 Å². The lowest BCUT2D eigenvalue weighted by Crippen LogP contribution is -2.50. The Labute approximate surface area is 240 Å². The molecule has 1 fully saturated rings. The van der Waals surface area contributed by atoms with Crippen molar-refractivity contribution in [2.45, 2.75) is 38.3 Å². The maximum absolute atomic E-state index is 14.2. The lowest BCUT2D eigenvalue weighted by molar-refractivity contribution is -0.136. The Morgan fingerprint density at radius 2 is 1.68 bits per heavy atom. The Kier molecular flexibility index (Phi) is 7.46. The van der Waals surface area contributed by atoms with Crippen LogP contribution in [0.15, 0.2) is 96.2 Å². The first kappa shape index (κ1) is 26.6. The highest BCUT2D eigenvalue weighted by atomic mass is 16.5. The molecule has 0 unspecified atom stereocenters. The minimum Gasteiger partial charge on any atom is -0.457 e. The quantitative estimate of drug-likeness (QED) is 0.380. The summed E-state index contributed by atoms with van der Waals surface area (Å²) in [5.74, 6) is 1.42. The molecular weight excluding hydrogens is 516 g/mol. The number of hydrogen-bond acceptors (Lipinski definition) is 4. The van der Waals surface area contributed by atoms with Crippen LogP contribution in [-0.4, -0.2) is 53.3 Å². The molecule has 210 valence electrons. The second kappa shape index (κ2) is 11.5. The van der Waals surface area contributed by atoms with Crippen LogP contribution in [0, 0.1) is 5.92 Å². The Morgan fingerprint density at radius 3 is 2.39 bits per heavy atom. The van der Waals surface area contributed by atoms with Gasteiger partial charge in [-0.05, 0) is 61.1 Å². The van der Waals surface area contributed by atoms with Gasteiger partial charge < -0.3 is 20.3 Å². The van der Waals surface area contributed by atoms with Crippen LogP contribution in [0.25, 0.3) is 0 Å². The number of likely N-dealkylation sites (N-methyl/N-ethyl adjacent to an activating group) is 1. The van der Waals surface area contributed by atoms with Crippen molar-refractivity contribution >= 4 is 17.8 Å². The molecule has 2 aliphatic heterocycles. The highest BCUT2D eigenvalue weighted by molar-refractivity contribution is 6.03. The van der Waals surface area contributed by atoms with Crippen molar-refractivity contribution in [3.63, 3.8) is 0 Å². The molecule has 3 aliphatic rings. The number of urea groups is 1. The first-order valence-corrected chi connectivity index (χ1v) is 14.3. The van der Waals surface area contributed by atoms with Gasteiger partial charge in [-0.25, -0.2) is 4.79 Å². The number of hydrogen-bond donors (Lipinski definition) is 2. The second-order valence-electron chi connectivity index (χ2n) is 10.8. The zero-order valence-electron chi connectivity index (χ0n) is 23.1. The maximum Gasteiger partial charge on any atom is 0.322 e. The van der Waals surface area contributed by atoms with E-state index in [0.717, 1.165) is 24.0 Å². The molecule has 2 N–H and O–H groups in total. The van der Waals surface area contributed by atoms with Crippen molar-refractivity contribution in [2.75, 3.05) is 19.6 Å². The SMILES string of the molecule is CCN1C(=O)N[C@H](c2cccc(Oc3ccccc3)c2)C2=C1CN([C@H](Cc1ccccc1)C(=O)NCC1CC1)C2=O. The molecule has 0 spiro atoms. The number of para-hydroxylation sites is 1. The fraction of sp³-hybridized carbons (Fsp3) is 0.303. The summed E-state index contributed by atoms with van der Waals surface area (Å²) in [7, 11) is 0. The zero-order valence-corrected chi connectivity index (χ0v) is 23.1. The average molecular weight is 551 g/mol. The number of amides is 4. The summed E-state index contributed by atoms with van der Waals surface area (Å²) in [6.07, 6.45) is 2.63. The Hall–Kier alpha value is -4.59. The van der Waals surface area contributed by atoms with Crippen molar-refractivity contribution in [3.8, 4) is 11.5 Å². The third kappa shape index (κ3) is 5.68. The van der Waals surface area contributed by atoms with Crippen LogP contribution in [0.5, 0.6) is 11.5 Å². The lowest BCUT2D eigenvalue weighted by atomic mass is 9.95. The van der Waals surface area contributed by atoms with E-state index in [9.17, 15) is 14.4 Å². The van der Waals surface area contributed by atoms with Crippen LogP contribution >= 0.6 is 0 Å². The molecular formula is C33H34N4O4. The van der Waals surface area contributed by atoms with Crippen molar-refractivity contribution in [3.05, 3.63) is 107 Å². The molecule has 2 heterocycles. The summed E-state index contributed by atoms with van der Waals surface area (Å²) >= 11 is 0. The number of carbonyl (C=O) groups excluding carboxylic acids is 3. The Morgan fingerprint density at radius 1 is 0.976 bits per heavy atom. The summed E-state index contributed by atoms with van der Waals surface area (Å²) in [5, 5.41) is 6.13. The Balaban J connectivity index is 1.31. The third-order valence-corrected chi connectivity index (χ3v) is 7.95. The van der Waals surface area contributed by atoms with E-state index in [0.29, 0.717) is 48.2 Å². The summed E-state index contributed by atoms with van der Waals surface area (Å²) in [5.41, 5.74) is 2.86. The molecule has 8 heteroatoms. The highest BCUT2D eigenvalue weighted by Crippen LogP contribution is 2.38. The predicted octanol–water partition coefficient (Wildman–Crippen LogP) is 4.80. The summed E-state index contributed by atoms with van der Waals surface area (Å²) < 4.78 is 6.04. The van der Waals surface area contributed by atoms with E-state index in [1.807, 2.05) is 91.9 Å². The number of ether oxygens (including phenoxy) is 1. The van der Waals surface area contributed by atoms with Crippen molar-refractivity contribution in [2.24, 2.45) is 5.92 Å². The molecule has 2 atom stereocenters. The predicted molar refractivity (Wildman–Crippen MR) is 155 cm³/mol. The van der Waals surface area contributed by atoms with E-state index in [-0.39, 0.29) is 24.4 Å². The van der Waals surface area contributed by atoms with Gasteiger partial charge in [-0.3, -0.25) is 14.5 Å². The van der Waals surface area contributed by atoms with Crippen molar-refractivity contribution in [1.82, 2.24) is 20.4 Å². The first-order valence-electron chi connectivity index (χ1n) is 14.3. The normalized spacial score (nSPS) is 19.1. The molecule has 8 nitrogen and oxygen atoms in total. The van der Waals surface area contributed by atoms with Gasteiger partial charge in [0.05, 0.1) is 23.9 Å². The Bertz CT molecular complexity index is 1470. The molecule has 41 heavy (non-hydrogen) atoms. The molecule has 3 aromatic carbocycles. The van der Waals surface area contributed by atoms with Gasteiger partial charge in [-0.1, -0.05) is 60.7 Å². The summed E-state index contributed by atoms with van der Waals surface area (Å²) in [6, 6.07) is 25.0. The lowest BCUT2D eigenvalue weighted by Gasteiger charge is -2.33. The van der Waals surface area contributed by atoms with Crippen LogP contribution in [-0.2, 0) is 16.0 Å². The number of carbonyl (C=O) groups is 3. The second-order valence-corrected chi connectivity index (χ2v) is 10.8. The van der Waals surface area contributed by atoms with Crippen LogP contribution < -0.4 is 15.4 Å². The smallest absolute Gasteiger partial charge is 0.322 e. The molecule has 1 aliphatic carbocycles. The number of rotatable bonds is 10. The first-order chi connectivity index (χ1) is 20.0. The molecule has 0 saturated heterocycles. The largest absolute Gasteiger partial charge is 0.457 e. The van der Waals surface area contributed by atoms with E-state index in [1.54, 1.807) is 9.80 Å². The molecule has 6 rings (SSSR count). The van der Waals surface area contributed by atoms with Crippen molar-refractivity contribution in [1.29, 1.82) is 0 Å². The molecule has 4 amide bonds.